The third-order valence-electron chi connectivity index (χ3n) is 3.98. The van der Waals surface area contributed by atoms with Crippen molar-refractivity contribution in [2.45, 2.75) is 61.4 Å². The zero-order valence-corrected chi connectivity index (χ0v) is 12.0. The van der Waals surface area contributed by atoms with Crippen LogP contribution in [0.2, 0.25) is 0 Å². The van der Waals surface area contributed by atoms with E-state index >= 15 is 0 Å². The van der Waals surface area contributed by atoms with E-state index in [1.165, 1.54) is 0 Å². The van der Waals surface area contributed by atoms with E-state index in [4.69, 9.17) is 19.3 Å². The van der Waals surface area contributed by atoms with Crippen molar-refractivity contribution in [1.29, 1.82) is 0 Å². The van der Waals surface area contributed by atoms with Gasteiger partial charge in [-0.05, 0) is 0 Å². The average Bonchev–Trinajstić information content (AvgIpc) is 2.55. The summed E-state index contributed by atoms with van der Waals surface area (Å²) in [6, 6.07) is 0. The van der Waals surface area contributed by atoms with Gasteiger partial charge in [-0.3, -0.25) is 0 Å². The Morgan fingerprint density at radius 1 is 0.652 bits per heavy atom. The van der Waals surface area contributed by atoms with Gasteiger partial charge in [-0.2, -0.15) is 0 Å². The Labute approximate surface area is 130 Å². The first kappa shape index (κ1) is 18.9. The van der Waals surface area contributed by atoms with Crippen LogP contribution in [0.15, 0.2) is 0 Å². The summed E-state index contributed by atoms with van der Waals surface area (Å²) in [4.78, 5) is 0. The van der Waals surface area contributed by atoms with Gasteiger partial charge >= 0.3 is 0 Å². The van der Waals surface area contributed by atoms with Gasteiger partial charge in [0, 0.05) is 0 Å². The SMILES string of the molecule is OCC1O[C@H](O[C@H]2C(CO)O[C@H](O)C(O)[C@H]2O)C(O)[C@@H](O)[C@@H]1O. The predicted molar refractivity (Wildman–Crippen MR) is 68.6 cm³/mol. The lowest BCUT2D eigenvalue weighted by molar-refractivity contribution is -0.355. The summed E-state index contributed by atoms with van der Waals surface area (Å²) in [7, 11) is 0. The van der Waals surface area contributed by atoms with Crippen molar-refractivity contribution >= 4 is 0 Å². The Morgan fingerprint density at radius 2 is 1.26 bits per heavy atom. The molecule has 0 aromatic rings. The molecule has 0 saturated carbocycles. The number of aliphatic hydroxyl groups is 8. The van der Waals surface area contributed by atoms with E-state index in [0.29, 0.717) is 0 Å². The Bertz CT molecular complexity index is 378. The van der Waals surface area contributed by atoms with Crippen molar-refractivity contribution in [2.75, 3.05) is 13.2 Å². The van der Waals surface area contributed by atoms with Crippen LogP contribution in [0.1, 0.15) is 0 Å². The van der Waals surface area contributed by atoms with E-state index in [9.17, 15) is 35.7 Å². The van der Waals surface area contributed by atoms with Crippen LogP contribution in [0.5, 0.6) is 0 Å². The highest BCUT2D eigenvalue weighted by molar-refractivity contribution is 4.93. The molecule has 11 nitrogen and oxygen atoms in total. The lowest BCUT2D eigenvalue weighted by Gasteiger charge is -2.45. The highest BCUT2D eigenvalue weighted by Gasteiger charge is 2.50. The number of hydrogen-bond acceptors (Lipinski definition) is 11. The molecule has 2 aliphatic heterocycles. The molecule has 2 heterocycles. The van der Waals surface area contributed by atoms with E-state index < -0.39 is 74.6 Å². The fourth-order valence-corrected chi connectivity index (χ4v) is 2.57. The quantitative estimate of drug-likeness (QED) is 0.243. The van der Waals surface area contributed by atoms with Crippen LogP contribution in [-0.4, -0.2) is 115 Å². The van der Waals surface area contributed by atoms with Crippen molar-refractivity contribution in [2.24, 2.45) is 0 Å². The third kappa shape index (κ3) is 3.65. The number of aliphatic hydroxyl groups excluding tert-OH is 8. The molecule has 4 unspecified atom stereocenters. The molecular weight excluding hydrogens is 320 g/mol. The van der Waals surface area contributed by atoms with Gasteiger partial charge in [0.15, 0.2) is 12.6 Å². The van der Waals surface area contributed by atoms with E-state index in [2.05, 4.69) is 0 Å². The topological polar surface area (TPSA) is 190 Å². The van der Waals surface area contributed by atoms with Crippen molar-refractivity contribution in [1.82, 2.24) is 0 Å². The zero-order valence-electron chi connectivity index (χ0n) is 12.0. The minimum Gasteiger partial charge on any atom is -0.394 e. The Morgan fingerprint density at radius 3 is 1.83 bits per heavy atom. The lowest BCUT2D eigenvalue weighted by Crippen LogP contribution is -2.64. The molecule has 0 bridgehead atoms. The summed E-state index contributed by atoms with van der Waals surface area (Å²) in [5, 5.41) is 76.5. The molecule has 0 spiro atoms. The molecule has 0 aromatic carbocycles. The van der Waals surface area contributed by atoms with Gasteiger partial charge in [0.1, 0.15) is 48.8 Å². The number of hydrogen-bond donors (Lipinski definition) is 8. The molecule has 8 N–H and O–H groups in total. The molecule has 2 saturated heterocycles. The molecule has 2 rings (SSSR count). The van der Waals surface area contributed by atoms with Gasteiger partial charge in [0.05, 0.1) is 13.2 Å². The molecule has 136 valence electrons. The molecule has 0 aromatic heterocycles. The summed E-state index contributed by atoms with van der Waals surface area (Å²) >= 11 is 0. The normalized spacial score (nSPS) is 51.7. The van der Waals surface area contributed by atoms with Crippen LogP contribution in [0, 0.1) is 0 Å². The van der Waals surface area contributed by atoms with Crippen molar-refractivity contribution < 1.29 is 55.1 Å². The molecule has 2 aliphatic rings. The number of rotatable bonds is 4. The lowest BCUT2D eigenvalue weighted by atomic mass is 9.97. The van der Waals surface area contributed by atoms with Crippen LogP contribution in [0.3, 0.4) is 0 Å². The molecule has 0 radical (unpaired) electrons. The van der Waals surface area contributed by atoms with E-state index in [0.717, 1.165) is 0 Å². The second-order valence-electron chi connectivity index (χ2n) is 5.53. The van der Waals surface area contributed by atoms with Crippen LogP contribution in [0.4, 0.5) is 0 Å². The minimum absolute atomic E-state index is 0.667. The maximum absolute atomic E-state index is 9.94. The minimum atomic E-state index is -1.74. The van der Waals surface area contributed by atoms with Crippen LogP contribution < -0.4 is 0 Å². The van der Waals surface area contributed by atoms with Gasteiger partial charge < -0.3 is 55.1 Å². The summed E-state index contributed by atoms with van der Waals surface area (Å²) in [5.74, 6) is 0. The van der Waals surface area contributed by atoms with Gasteiger partial charge in [-0.25, -0.2) is 0 Å². The van der Waals surface area contributed by atoms with Crippen LogP contribution >= 0.6 is 0 Å². The Hall–Kier alpha value is -0.440. The first-order valence-corrected chi connectivity index (χ1v) is 7.08. The average molecular weight is 342 g/mol. The first-order chi connectivity index (χ1) is 10.8. The van der Waals surface area contributed by atoms with Crippen LogP contribution in [-0.2, 0) is 14.2 Å². The Kier molecular flexibility index (Phi) is 6.27. The van der Waals surface area contributed by atoms with Crippen molar-refractivity contribution in [3.8, 4) is 0 Å². The fourth-order valence-electron chi connectivity index (χ4n) is 2.57. The van der Waals surface area contributed by atoms with E-state index in [-0.39, 0.29) is 0 Å². The maximum Gasteiger partial charge on any atom is 0.187 e. The summed E-state index contributed by atoms with van der Waals surface area (Å²) in [6.45, 7) is -1.35. The molecule has 2 fully saturated rings. The van der Waals surface area contributed by atoms with Gasteiger partial charge in [0.25, 0.3) is 0 Å². The standard InChI is InChI=1S/C12H22O11/c13-1-3-5(15)6(16)9(19)12(22-3)23-10-4(2-14)21-11(20)8(18)7(10)17/h3-20H,1-2H2/t3?,4?,5-,6+,7-,8?,9?,10+,11+,12-/m1/s1. The monoisotopic (exact) mass is 342 g/mol. The molecule has 10 atom stereocenters. The van der Waals surface area contributed by atoms with Gasteiger partial charge in [-0.15, -0.1) is 0 Å². The predicted octanol–water partition coefficient (Wildman–Crippen LogP) is -5.40. The highest BCUT2D eigenvalue weighted by atomic mass is 16.7. The molecule has 0 aliphatic carbocycles. The summed E-state index contributed by atoms with van der Waals surface area (Å²) in [6.07, 6.45) is -15.6. The second-order valence-corrected chi connectivity index (χ2v) is 5.53. The van der Waals surface area contributed by atoms with Gasteiger partial charge in [-0.1, -0.05) is 0 Å². The second kappa shape index (κ2) is 7.63. The smallest absolute Gasteiger partial charge is 0.187 e. The molecule has 0 amide bonds. The molecule has 23 heavy (non-hydrogen) atoms. The third-order valence-corrected chi connectivity index (χ3v) is 3.98. The molecule has 11 heteroatoms. The highest BCUT2D eigenvalue weighted by Crippen LogP contribution is 2.28. The molecular formula is C12H22O11. The first-order valence-electron chi connectivity index (χ1n) is 7.08. The van der Waals surface area contributed by atoms with Crippen molar-refractivity contribution in [3.63, 3.8) is 0 Å². The van der Waals surface area contributed by atoms with Gasteiger partial charge in [0.2, 0.25) is 0 Å². The van der Waals surface area contributed by atoms with E-state index in [1.54, 1.807) is 0 Å². The number of ether oxygens (including phenoxy) is 3. The maximum atomic E-state index is 9.94. The Balaban J connectivity index is 2.11. The summed E-state index contributed by atoms with van der Waals surface area (Å²) in [5.41, 5.74) is 0. The largest absolute Gasteiger partial charge is 0.394 e. The van der Waals surface area contributed by atoms with Crippen molar-refractivity contribution in [3.05, 3.63) is 0 Å². The van der Waals surface area contributed by atoms with E-state index in [1.807, 2.05) is 0 Å². The summed E-state index contributed by atoms with van der Waals surface area (Å²) < 4.78 is 15.3. The zero-order chi connectivity index (χ0) is 17.3. The van der Waals surface area contributed by atoms with Crippen LogP contribution in [0.25, 0.3) is 0 Å². The fraction of sp³-hybridized carbons (Fsp3) is 1.00.